The van der Waals surface area contributed by atoms with Gasteiger partial charge < -0.3 is 10.4 Å². The Morgan fingerprint density at radius 3 is 2.71 bits per heavy atom. The molecule has 1 aromatic carbocycles. The number of hydrogen-bond donors (Lipinski definition) is 2. The largest absolute Gasteiger partial charge is 0.508 e. The van der Waals surface area contributed by atoms with Gasteiger partial charge in [-0.3, -0.25) is 4.90 Å². The molecule has 0 bridgehead atoms. The van der Waals surface area contributed by atoms with Gasteiger partial charge >= 0.3 is 0 Å². The SMILES string of the molecule is CSc1cc(C)c(O)cc1CN1CCNCC1. The van der Waals surface area contributed by atoms with Crippen LogP contribution in [0.3, 0.4) is 0 Å². The van der Waals surface area contributed by atoms with E-state index in [0.29, 0.717) is 5.75 Å². The Labute approximate surface area is 107 Å². The summed E-state index contributed by atoms with van der Waals surface area (Å²) in [5.41, 5.74) is 2.20. The van der Waals surface area contributed by atoms with Gasteiger partial charge in [0, 0.05) is 37.6 Å². The van der Waals surface area contributed by atoms with Gasteiger partial charge in [-0.25, -0.2) is 0 Å². The Hall–Kier alpha value is -0.710. The van der Waals surface area contributed by atoms with Crippen molar-refractivity contribution in [2.24, 2.45) is 0 Å². The number of thioether (sulfide) groups is 1. The molecule has 94 valence electrons. The zero-order valence-corrected chi connectivity index (χ0v) is 11.3. The number of nitrogens with one attached hydrogen (secondary N) is 1. The van der Waals surface area contributed by atoms with E-state index in [-0.39, 0.29) is 0 Å². The second-order valence-corrected chi connectivity index (χ2v) is 5.32. The molecule has 17 heavy (non-hydrogen) atoms. The fourth-order valence-electron chi connectivity index (χ4n) is 2.14. The third kappa shape index (κ3) is 3.15. The molecule has 1 aliphatic rings. The van der Waals surface area contributed by atoms with E-state index in [1.54, 1.807) is 11.8 Å². The lowest BCUT2D eigenvalue weighted by molar-refractivity contribution is 0.231. The predicted molar refractivity (Wildman–Crippen MR) is 72.8 cm³/mol. The number of piperazine rings is 1. The second-order valence-electron chi connectivity index (χ2n) is 4.48. The summed E-state index contributed by atoms with van der Waals surface area (Å²) in [4.78, 5) is 3.71. The van der Waals surface area contributed by atoms with Crippen LogP contribution in [0, 0.1) is 6.92 Å². The number of hydrogen-bond acceptors (Lipinski definition) is 4. The fraction of sp³-hybridized carbons (Fsp3) is 0.538. The highest BCUT2D eigenvalue weighted by Gasteiger charge is 2.13. The number of rotatable bonds is 3. The van der Waals surface area contributed by atoms with E-state index in [0.717, 1.165) is 38.3 Å². The van der Waals surface area contributed by atoms with Crippen molar-refractivity contribution < 1.29 is 5.11 Å². The molecule has 0 saturated carbocycles. The van der Waals surface area contributed by atoms with Gasteiger partial charge in [0.25, 0.3) is 0 Å². The quantitative estimate of drug-likeness (QED) is 0.805. The molecule has 0 unspecified atom stereocenters. The van der Waals surface area contributed by atoms with Crippen molar-refractivity contribution in [3.8, 4) is 5.75 Å². The summed E-state index contributed by atoms with van der Waals surface area (Å²) in [6.45, 7) is 7.18. The standard InChI is InChI=1S/C13H20N2OS/c1-10-7-13(17-2)11(8-12(10)16)9-15-5-3-14-4-6-15/h7-8,14,16H,3-6,9H2,1-2H3. The Morgan fingerprint density at radius 1 is 1.35 bits per heavy atom. The van der Waals surface area contributed by atoms with Crippen molar-refractivity contribution >= 4 is 11.8 Å². The molecule has 1 aromatic rings. The van der Waals surface area contributed by atoms with Gasteiger partial charge in [-0.1, -0.05) is 0 Å². The molecule has 1 saturated heterocycles. The Balaban J connectivity index is 2.15. The second kappa shape index (κ2) is 5.76. The molecular weight excluding hydrogens is 232 g/mol. The van der Waals surface area contributed by atoms with E-state index in [1.807, 2.05) is 13.0 Å². The van der Waals surface area contributed by atoms with E-state index in [9.17, 15) is 5.11 Å². The highest BCUT2D eigenvalue weighted by molar-refractivity contribution is 7.98. The Kier molecular flexibility index (Phi) is 4.31. The van der Waals surface area contributed by atoms with Gasteiger partial charge in [-0.2, -0.15) is 0 Å². The predicted octanol–water partition coefficient (Wildman–Crippen LogP) is 1.83. The summed E-state index contributed by atoms with van der Waals surface area (Å²) in [6, 6.07) is 4.00. The van der Waals surface area contributed by atoms with Crippen LogP contribution in [0.5, 0.6) is 5.75 Å². The summed E-state index contributed by atoms with van der Waals surface area (Å²) in [5, 5.41) is 13.2. The van der Waals surface area contributed by atoms with E-state index >= 15 is 0 Å². The maximum Gasteiger partial charge on any atom is 0.118 e. The first-order valence-corrected chi connectivity index (χ1v) is 7.22. The first-order valence-electron chi connectivity index (χ1n) is 6.00. The summed E-state index contributed by atoms with van der Waals surface area (Å²) in [5.74, 6) is 0.410. The molecule has 0 radical (unpaired) electrons. The molecule has 0 aromatic heterocycles. The lowest BCUT2D eigenvalue weighted by Crippen LogP contribution is -2.42. The molecule has 1 aliphatic heterocycles. The van der Waals surface area contributed by atoms with Crippen LogP contribution in [-0.4, -0.2) is 42.4 Å². The summed E-state index contributed by atoms with van der Waals surface area (Å²) in [7, 11) is 0. The number of phenols is 1. The molecular formula is C13H20N2OS. The van der Waals surface area contributed by atoms with Crippen molar-refractivity contribution in [1.29, 1.82) is 0 Å². The van der Waals surface area contributed by atoms with Crippen LogP contribution in [0.25, 0.3) is 0 Å². The molecule has 0 atom stereocenters. The summed E-state index contributed by atoms with van der Waals surface area (Å²) < 4.78 is 0. The van der Waals surface area contributed by atoms with Crippen LogP contribution in [0.4, 0.5) is 0 Å². The van der Waals surface area contributed by atoms with Gasteiger partial charge in [-0.05, 0) is 36.4 Å². The van der Waals surface area contributed by atoms with Gasteiger partial charge in [0.15, 0.2) is 0 Å². The average Bonchev–Trinajstić information content (AvgIpc) is 2.35. The maximum absolute atomic E-state index is 9.81. The van der Waals surface area contributed by atoms with Crippen LogP contribution in [-0.2, 0) is 6.54 Å². The monoisotopic (exact) mass is 252 g/mol. The van der Waals surface area contributed by atoms with E-state index in [2.05, 4.69) is 22.5 Å². The van der Waals surface area contributed by atoms with Crippen molar-refractivity contribution in [3.63, 3.8) is 0 Å². The molecule has 3 nitrogen and oxygen atoms in total. The maximum atomic E-state index is 9.81. The molecule has 0 spiro atoms. The van der Waals surface area contributed by atoms with Crippen LogP contribution >= 0.6 is 11.8 Å². The third-order valence-electron chi connectivity index (χ3n) is 3.20. The average molecular weight is 252 g/mol. The van der Waals surface area contributed by atoms with Crippen LogP contribution in [0.1, 0.15) is 11.1 Å². The lowest BCUT2D eigenvalue weighted by atomic mass is 10.1. The van der Waals surface area contributed by atoms with E-state index < -0.39 is 0 Å². The molecule has 0 aliphatic carbocycles. The topological polar surface area (TPSA) is 35.5 Å². The Morgan fingerprint density at radius 2 is 2.06 bits per heavy atom. The number of benzene rings is 1. The minimum atomic E-state index is 0.410. The number of phenolic OH excluding ortho intramolecular Hbond substituents is 1. The lowest BCUT2D eigenvalue weighted by Gasteiger charge is -2.28. The summed E-state index contributed by atoms with van der Waals surface area (Å²) >= 11 is 1.75. The minimum absolute atomic E-state index is 0.410. The molecule has 1 fully saturated rings. The highest BCUT2D eigenvalue weighted by Crippen LogP contribution is 2.28. The number of aryl methyl sites for hydroxylation is 1. The van der Waals surface area contributed by atoms with Gasteiger partial charge in [-0.15, -0.1) is 11.8 Å². The van der Waals surface area contributed by atoms with Crippen molar-refractivity contribution in [3.05, 3.63) is 23.3 Å². The van der Waals surface area contributed by atoms with E-state index in [1.165, 1.54) is 10.5 Å². The van der Waals surface area contributed by atoms with Crippen LogP contribution in [0.2, 0.25) is 0 Å². The molecule has 0 amide bonds. The van der Waals surface area contributed by atoms with E-state index in [4.69, 9.17) is 0 Å². The molecule has 4 heteroatoms. The van der Waals surface area contributed by atoms with Gasteiger partial charge in [0.05, 0.1) is 0 Å². The molecule has 2 N–H and O–H groups in total. The third-order valence-corrected chi connectivity index (χ3v) is 4.02. The first kappa shape index (κ1) is 12.7. The number of nitrogens with zero attached hydrogens (tertiary/aromatic N) is 1. The zero-order chi connectivity index (χ0) is 12.3. The smallest absolute Gasteiger partial charge is 0.118 e. The zero-order valence-electron chi connectivity index (χ0n) is 10.5. The molecule has 2 rings (SSSR count). The van der Waals surface area contributed by atoms with Crippen molar-refractivity contribution in [1.82, 2.24) is 10.2 Å². The summed E-state index contributed by atoms with van der Waals surface area (Å²) in [6.07, 6.45) is 2.09. The normalized spacial score (nSPS) is 17.3. The molecule has 1 heterocycles. The van der Waals surface area contributed by atoms with Gasteiger partial charge in [0.2, 0.25) is 0 Å². The fourth-order valence-corrected chi connectivity index (χ4v) is 2.82. The van der Waals surface area contributed by atoms with Crippen LogP contribution < -0.4 is 5.32 Å². The van der Waals surface area contributed by atoms with Gasteiger partial charge in [0.1, 0.15) is 5.75 Å². The van der Waals surface area contributed by atoms with Crippen molar-refractivity contribution in [2.45, 2.75) is 18.4 Å². The highest BCUT2D eigenvalue weighted by atomic mass is 32.2. The first-order chi connectivity index (χ1) is 8.20. The number of aromatic hydroxyl groups is 1. The minimum Gasteiger partial charge on any atom is -0.508 e. The van der Waals surface area contributed by atoms with Crippen LogP contribution in [0.15, 0.2) is 17.0 Å². The van der Waals surface area contributed by atoms with Crippen molar-refractivity contribution in [2.75, 3.05) is 32.4 Å². The Bertz CT molecular complexity index is 389.